The Morgan fingerprint density at radius 3 is 2.94 bits per heavy atom. The van der Waals surface area contributed by atoms with E-state index in [2.05, 4.69) is 10.6 Å². The van der Waals surface area contributed by atoms with Gasteiger partial charge in [0.15, 0.2) is 0 Å². The maximum Gasteiger partial charge on any atom is 0.254 e. The van der Waals surface area contributed by atoms with Gasteiger partial charge in [0.2, 0.25) is 0 Å². The predicted octanol–water partition coefficient (Wildman–Crippen LogP) is 1.04. The Morgan fingerprint density at radius 2 is 2.28 bits per heavy atom. The van der Waals surface area contributed by atoms with Crippen LogP contribution in [0.5, 0.6) is 5.75 Å². The van der Waals surface area contributed by atoms with Crippen molar-refractivity contribution in [2.24, 2.45) is 0 Å². The molecule has 6 heteroatoms. The Labute approximate surface area is 112 Å². The summed E-state index contributed by atoms with van der Waals surface area (Å²) in [6.45, 7) is 1.89. The second-order valence-corrected chi connectivity index (χ2v) is 3.75. The molecule has 0 spiro atoms. The Kier molecular flexibility index (Phi) is 5.91. The zero-order valence-corrected chi connectivity index (χ0v) is 11.0. The SMILES string of the molecule is COc1ccccc1NC(=O)C1CNCCO1.Cl. The number of hydrogen-bond acceptors (Lipinski definition) is 4. The van der Waals surface area contributed by atoms with Crippen LogP contribution in [0.15, 0.2) is 24.3 Å². The summed E-state index contributed by atoms with van der Waals surface area (Å²) in [4.78, 5) is 11.9. The lowest BCUT2D eigenvalue weighted by atomic mass is 10.2. The van der Waals surface area contributed by atoms with E-state index >= 15 is 0 Å². The fourth-order valence-corrected chi connectivity index (χ4v) is 1.69. The number of methoxy groups -OCH3 is 1. The molecule has 100 valence electrons. The van der Waals surface area contributed by atoms with Crippen molar-refractivity contribution in [1.29, 1.82) is 0 Å². The first-order valence-electron chi connectivity index (χ1n) is 5.57. The molecule has 0 bridgehead atoms. The molecular formula is C12H17ClN2O3. The predicted molar refractivity (Wildman–Crippen MR) is 71.5 cm³/mol. The summed E-state index contributed by atoms with van der Waals surface area (Å²) in [5.74, 6) is 0.492. The van der Waals surface area contributed by atoms with Crippen molar-refractivity contribution < 1.29 is 14.3 Å². The minimum absolute atomic E-state index is 0. The number of ether oxygens (including phenoxy) is 2. The van der Waals surface area contributed by atoms with Crippen molar-refractivity contribution >= 4 is 24.0 Å². The van der Waals surface area contributed by atoms with Gasteiger partial charge in [-0.2, -0.15) is 0 Å². The number of morpholine rings is 1. The van der Waals surface area contributed by atoms with Crippen molar-refractivity contribution in [3.63, 3.8) is 0 Å². The first-order chi connectivity index (χ1) is 8.31. The number of anilines is 1. The molecule has 1 amide bonds. The average Bonchev–Trinajstić information content (AvgIpc) is 2.40. The van der Waals surface area contributed by atoms with E-state index in [-0.39, 0.29) is 18.3 Å². The molecule has 1 saturated heterocycles. The third-order valence-electron chi connectivity index (χ3n) is 2.58. The van der Waals surface area contributed by atoms with Crippen LogP contribution >= 0.6 is 12.4 Å². The van der Waals surface area contributed by atoms with E-state index < -0.39 is 6.10 Å². The minimum Gasteiger partial charge on any atom is -0.495 e. The number of benzene rings is 1. The maximum atomic E-state index is 11.9. The topological polar surface area (TPSA) is 59.6 Å². The van der Waals surface area contributed by atoms with Gasteiger partial charge in [0.25, 0.3) is 5.91 Å². The van der Waals surface area contributed by atoms with E-state index in [9.17, 15) is 4.79 Å². The number of carbonyl (C=O) groups is 1. The van der Waals surface area contributed by atoms with E-state index in [1.807, 2.05) is 12.1 Å². The van der Waals surface area contributed by atoms with Gasteiger partial charge in [0, 0.05) is 13.1 Å². The van der Waals surface area contributed by atoms with Gasteiger partial charge in [-0.25, -0.2) is 0 Å². The Morgan fingerprint density at radius 1 is 1.50 bits per heavy atom. The second-order valence-electron chi connectivity index (χ2n) is 3.75. The summed E-state index contributed by atoms with van der Waals surface area (Å²) in [5.41, 5.74) is 0.661. The summed E-state index contributed by atoms with van der Waals surface area (Å²) < 4.78 is 10.5. The van der Waals surface area contributed by atoms with Gasteiger partial charge in [0.05, 0.1) is 19.4 Å². The van der Waals surface area contributed by atoms with E-state index in [1.54, 1.807) is 19.2 Å². The van der Waals surface area contributed by atoms with Crippen LogP contribution in [-0.4, -0.2) is 38.8 Å². The van der Waals surface area contributed by atoms with Crippen LogP contribution < -0.4 is 15.4 Å². The van der Waals surface area contributed by atoms with Crippen LogP contribution in [0, 0.1) is 0 Å². The van der Waals surface area contributed by atoms with Gasteiger partial charge >= 0.3 is 0 Å². The van der Waals surface area contributed by atoms with Crippen LogP contribution in [0.4, 0.5) is 5.69 Å². The van der Waals surface area contributed by atoms with Crippen molar-refractivity contribution in [3.05, 3.63) is 24.3 Å². The van der Waals surface area contributed by atoms with E-state index in [4.69, 9.17) is 9.47 Å². The van der Waals surface area contributed by atoms with Crippen LogP contribution in [0.2, 0.25) is 0 Å². The third-order valence-corrected chi connectivity index (χ3v) is 2.58. The average molecular weight is 273 g/mol. The lowest BCUT2D eigenvalue weighted by molar-refractivity contribution is -0.128. The quantitative estimate of drug-likeness (QED) is 0.863. The molecule has 1 atom stereocenters. The highest BCUT2D eigenvalue weighted by Crippen LogP contribution is 2.23. The third kappa shape index (κ3) is 3.60. The van der Waals surface area contributed by atoms with Crippen molar-refractivity contribution in [1.82, 2.24) is 5.32 Å². The Balaban J connectivity index is 0.00000162. The van der Waals surface area contributed by atoms with Crippen LogP contribution in [0.3, 0.4) is 0 Å². The molecule has 1 heterocycles. The Bertz CT molecular complexity index is 395. The van der Waals surface area contributed by atoms with Gasteiger partial charge in [0.1, 0.15) is 11.9 Å². The second kappa shape index (κ2) is 7.20. The minimum atomic E-state index is -0.436. The summed E-state index contributed by atoms with van der Waals surface area (Å²) >= 11 is 0. The lowest BCUT2D eigenvalue weighted by Gasteiger charge is -2.23. The number of hydrogen-bond donors (Lipinski definition) is 2. The number of halogens is 1. The monoisotopic (exact) mass is 272 g/mol. The molecule has 5 nitrogen and oxygen atoms in total. The maximum absolute atomic E-state index is 11.9. The highest BCUT2D eigenvalue weighted by molar-refractivity contribution is 5.95. The van der Waals surface area contributed by atoms with E-state index in [0.717, 1.165) is 6.54 Å². The zero-order chi connectivity index (χ0) is 12.1. The molecule has 1 aromatic carbocycles. The van der Waals surface area contributed by atoms with Gasteiger partial charge in [-0.1, -0.05) is 12.1 Å². The summed E-state index contributed by atoms with van der Waals surface area (Å²) in [6, 6.07) is 7.30. The van der Waals surface area contributed by atoms with Gasteiger partial charge < -0.3 is 20.1 Å². The first-order valence-corrected chi connectivity index (χ1v) is 5.57. The molecule has 0 aliphatic carbocycles. The molecule has 18 heavy (non-hydrogen) atoms. The van der Waals surface area contributed by atoms with Crippen molar-refractivity contribution in [3.8, 4) is 5.75 Å². The molecule has 2 N–H and O–H groups in total. The Hall–Kier alpha value is -1.30. The lowest BCUT2D eigenvalue weighted by Crippen LogP contribution is -2.45. The zero-order valence-electron chi connectivity index (χ0n) is 10.1. The van der Waals surface area contributed by atoms with Crippen LogP contribution in [-0.2, 0) is 9.53 Å². The first kappa shape index (κ1) is 14.8. The van der Waals surface area contributed by atoms with E-state index in [0.29, 0.717) is 24.6 Å². The van der Waals surface area contributed by atoms with Gasteiger partial charge in [-0.05, 0) is 12.1 Å². The standard InChI is InChI=1S/C12H16N2O3.ClH/c1-16-10-5-3-2-4-9(10)14-12(15)11-8-13-6-7-17-11;/h2-5,11,13H,6-8H2,1H3,(H,14,15);1H. The highest BCUT2D eigenvalue weighted by atomic mass is 35.5. The van der Waals surface area contributed by atoms with Gasteiger partial charge in [-0.15, -0.1) is 12.4 Å². The molecule has 1 aliphatic heterocycles. The summed E-state index contributed by atoms with van der Waals surface area (Å²) in [7, 11) is 1.57. The van der Waals surface area contributed by atoms with Crippen molar-refractivity contribution in [2.45, 2.75) is 6.10 Å². The molecule has 1 aliphatic rings. The molecular weight excluding hydrogens is 256 g/mol. The number of nitrogens with one attached hydrogen (secondary N) is 2. The molecule has 2 rings (SSSR count). The van der Waals surface area contributed by atoms with Crippen LogP contribution in [0.1, 0.15) is 0 Å². The normalized spacial score (nSPS) is 18.6. The number of para-hydroxylation sites is 2. The largest absolute Gasteiger partial charge is 0.495 e. The van der Waals surface area contributed by atoms with Crippen LogP contribution in [0.25, 0.3) is 0 Å². The van der Waals surface area contributed by atoms with Gasteiger partial charge in [-0.3, -0.25) is 4.79 Å². The highest BCUT2D eigenvalue weighted by Gasteiger charge is 2.22. The number of rotatable bonds is 3. The molecule has 0 radical (unpaired) electrons. The summed E-state index contributed by atoms with van der Waals surface area (Å²) in [5, 5.41) is 5.92. The molecule has 1 fully saturated rings. The summed E-state index contributed by atoms with van der Waals surface area (Å²) in [6.07, 6.45) is -0.436. The molecule has 1 aromatic rings. The fraction of sp³-hybridized carbons (Fsp3) is 0.417. The number of amides is 1. The van der Waals surface area contributed by atoms with E-state index in [1.165, 1.54) is 0 Å². The fourth-order valence-electron chi connectivity index (χ4n) is 1.69. The molecule has 0 saturated carbocycles. The number of carbonyl (C=O) groups excluding carboxylic acids is 1. The van der Waals surface area contributed by atoms with Crippen molar-refractivity contribution in [2.75, 3.05) is 32.1 Å². The molecule has 1 unspecified atom stereocenters. The molecule has 0 aromatic heterocycles. The smallest absolute Gasteiger partial charge is 0.254 e.